The minimum Gasteiger partial charge on any atom is -0.494 e. The summed E-state index contributed by atoms with van der Waals surface area (Å²) in [5.74, 6) is 1.02. The van der Waals surface area contributed by atoms with E-state index in [9.17, 15) is 4.39 Å². The molecule has 0 saturated heterocycles. The van der Waals surface area contributed by atoms with Crippen LogP contribution in [-0.4, -0.2) is 23.6 Å². The minimum atomic E-state index is -0.425. The Hall–Kier alpha value is -2.37. The Labute approximate surface area is 117 Å². The van der Waals surface area contributed by atoms with Crippen molar-refractivity contribution in [3.63, 3.8) is 0 Å². The smallest absolute Gasteiger partial charge is 0.167 e. The van der Waals surface area contributed by atoms with Crippen molar-refractivity contribution in [3.8, 4) is 5.75 Å². The molecule has 6 heteroatoms. The van der Waals surface area contributed by atoms with Gasteiger partial charge in [-0.25, -0.2) is 9.37 Å². The molecule has 2 N–H and O–H groups in total. The van der Waals surface area contributed by atoms with Gasteiger partial charge in [-0.05, 0) is 18.6 Å². The number of halogens is 1. The van der Waals surface area contributed by atoms with Gasteiger partial charge in [-0.2, -0.15) is 0 Å². The molecule has 0 bridgehead atoms. The van der Waals surface area contributed by atoms with Gasteiger partial charge in [0.2, 0.25) is 0 Å². The Morgan fingerprint density at radius 2 is 2.05 bits per heavy atom. The van der Waals surface area contributed by atoms with Crippen LogP contribution in [0.1, 0.15) is 13.3 Å². The van der Waals surface area contributed by atoms with E-state index in [1.54, 1.807) is 24.5 Å². The molecule has 0 fully saturated rings. The van der Waals surface area contributed by atoms with Crippen LogP contribution in [0.15, 0.2) is 30.6 Å². The highest BCUT2D eigenvalue weighted by atomic mass is 19.1. The lowest BCUT2D eigenvalue weighted by Crippen LogP contribution is -2.04. The number of rotatable bonds is 6. The zero-order valence-electron chi connectivity index (χ0n) is 11.5. The lowest BCUT2D eigenvalue weighted by molar-refractivity contribution is 0.386. The van der Waals surface area contributed by atoms with E-state index in [0.29, 0.717) is 17.3 Å². The third-order valence-electron chi connectivity index (χ3n) is 2.61. The molecule has 5 nitrogen and oxygen atoms in total. The van der Waals surface area contributed by atoms with Crippen LogP contribution in [0.5, 0.6) is 5.75 Å². The standard InChI is InChI=1S/C14H17FN4O/c1-3-6-17-13-8-16-9-14(19-13)18-10-4-5-12(20-2)11(15)7-10/h4-5,7-9H,3,6H2,1-2H3,(H2,17,18,19). The summed E-state index contributed by atoms with van der Waals surface area (Å²) in [6, 6.07) is 4.63. The van der Waals surface area contributed by atoms with Crippen molar-refractivity contribution in [1.29, 1.82) is 0 Å². The lowest BCUT2D eigenvalue weighted by Gasteiger charge is -2.09. The molecule has 1 heterocycles. The molecular formula is C14H17FN4O. The Morgan fingerprint density at radius 3 is 2.75 bits per heavy atom. The van der Waals surface area contributed by atoms with Crippen molar-refractivity contribution < 1.29 is 9.13 Å². The molecule has 0 saturated carbocycles. The maximum absolute atomic E-state index is 13.6. The van der Waals surface area contributed by atoms with E-state index in [4.69, 9.17) is 4.74 Å². The SMILES string of the molecule is CCCNc1cncc(Nc2ccc(OC)c(F)c2)n1. The predicted octanol–water partition coefficient (Wildman–Crippen LogP) is 3.19. The highest BCUT2D eigenvalue weighted by molar-refractivity contribution is 5.58. The topological polar surface area (TPSA) is 59.1 Å². The molecule has 0 amide bonds. The first-order valence-corrected chi connectivity index (χ1v) is 6.39. The van der Waals surface area contributed by atoms with Gasteiger partial charge in [0.05, 0.1) is 19.5 Å². The third-order valence-corrected chi connectivity index (χ3v) is 2.61. The van der Waals surface area contributed by atoms with Gasteiger partial charge in [0.15, 0.2) is 17.4 Å². The summed E-state index contributed by atoms with van der Waals surface area (Å²) >= 11 is 0. The molecule has 20 heavy (non-hydrogen) atoms. The Kier molecular flexibility index (Phi) is 4.70. The van der Waals surface area contributed by atoms with E-state index in [1.165, 1.54) is 13.2 Å². The second-order valence-corrected chi connectivity index (χ2v) is 4.19. The van der Waals surface area contributed by atoms with E-state index >= 15 is 0 Å². The fraction of sp³-hybridized carbons (Fsp3) is 0.286. The third kappa shape index (κ3) is 3.57. The van der Waals surface area contributed by atoms with Gasteiger partial charge in [0, 0.05) is 18.3 Å². The number of nitrogens with zero attached hydrogens (tertiary/aromatic N) is 2. The number of aromatic nitrogens is 2. The summed E-state index contributed by atoms with van der Waals surface area (Å²) < 4.78 is 18.5. The van der Waals surface area contributed by atoms with E-state index in [1.807, 2.05) is 0 Å². The molecule has 0 unspecified atom stereocenters. The summed E-state index contributed by atoms with van der Waals surface area (Å²) in [4.78, 5) is 8.42. The van der Waals surface area contributed by atoms with Crippen molar-refractivity contribution >= 4 is 17.3 Å². The summed E-state index contributed by atoms with van der Waals surface area (Å²) in [5.41, 5.74) is 0.588. The number of ether oxygens (including phenoxy) is 1. The van der Waals surface area contributed by atoms with E-state index in [2.05, 4.69) is 27.5 Å². The first-order chi connectivity index (χ1) is 9.72. The quantitative estimate of drug-likeness (QED) is 0.848. The number of hydrogen-bond donors (Lipinski definition) is 2. The van der Waals surface area contributed by atoms with Gasteiger partial charge in [0.25, 0.3) is 0 Å². The summed E-state index contributed by atoms with van der Waals surface area (Å²) in [7, 11) is 1.43. The van der Waals surface area contributed by atoms with Crippen molar-refractivity contribution in [2.24, 2.45) is 0 Å². The highest BCUT2D eigenvalue weighted by Gasteiger charge is 2.04. The molecule has 2 rings (SSSR count). The van der Waals surface area contributed by atoms with Crippen molar-refractivity contribution in [3.05, 3.63) is 36.4 Å². The molecule has 0 aliphatic rings. The molecule has 0 aliphatic heterocycles. The van der Waals surface area contributed by atoms with Crippen LogP contribution in [0.2, 0.25) is 0 Å². The molecular weight excluding hydrogens is 259 g/mol. The maximum Gasteiger partial charge on any atom is 0.167 e. The van der Waals surface area contributed by atoms with E-state index < -0.39 is 5.82 Å². The van der Waals surface area contributed by atoms with Crippen molar-refractivity contribution in [2.45, 2.75) is 13.3 Å². The zero-order chi connectivity index (χ0) is 14.4. The Bertz CT molecular complexity index is 577. The first kappa shape index (κ1) is 14.0. The van der Waals surface area contributed by atoms with E-state index in [0.717, 1.165) is 13.0 Å². The van der Waals surface area contributed by atoms with Crippen LogP contribution in [0.3, 0.4) is 0 Å². The van der Waals surface area contributed by atoms with Gasteiger partial charge < -0.3 is 15.4 Å². The molecule has 0 radical (unpaired) electrons. The van der Waals surface area contributed by atoms with Gasteiger partial charge in [-0.3, -0.25) is 4.98 Å². The summed E-state index contributed by atoms with van der Waals surface area (Å²) in [6.07, 6.45) is 4.23. The molecule has 0 spiro atoms. The molecule has 0 aliphatic carbocycles. The number of methoxy groups -OCH3 is 1. The number of hydrogen-bond acceptors (Lipinski definition) is 5. The van der Waals surface area contributed by atoms with Crippen LogP contribution < -0.4 is 15.4 Å². The van der Waals surface area contributed by atoms with E-state index in [-0.39, 0.29) is 5.75 Å². The van der Waals surface area contributed by atoms with Crippen molar-refractivity contribution in [1.82, 2.24) is 9.97 Å². The van der Waals surface area contributed by atoms with Crippen LogP contribution in [0, 0.1) is 5.82 Å². The fourth-order valence-corrected chi connectivity index (χ4v) is 1.66. The van der Waals surface area contributed by atoms with Gasteiger partial charge in [-0.15, -0.1) is 0 Å². The number of benzene rings is 1. The Morgan fingerprint density at radius 1 is 1.25 bits per heavy atom. The maximum atomic E-state index is 13.6. The van der Waals surface area contributed by atoms with Crippen LogP contribution in [0.25, 0.3) is 0 Å². The second kappa shape index (κ2) is 6.70. The average molecular weight is 276 g/mol. The molecule has 1 aromatic carbocycles. The molecule has 1 aromatic heterocycles. The lowest BCUT2D eigenvalue weighted by atomic mass is 10.3. The predicted molar refractivity (Wildman–Crippen MR) is 77.0 cm³/mol. The average Bonchev–Trinajstić information content (AvgIpc) is 2.46. The van der Waals surface area contributed by atoms with Crippen LogP contribution in [-0.2, 0) is 0 Å². The van der Waals surface area contributed by atoms with Gasteiger partial charge in [0.1, 0.15) is 5.82 Å². The largest absolute Gasteiger partial charge is 0.494 e. The number of nitrogens with one attached hydrogen (secondary N) is 2. The fourth-order valence-electron chi connectivity index (χ4n) is 1.66. The molecule has 0 atom stereocenters. The number of anilines is 3. The first-order valence-electron chi connectivity index (χ1n) is 6.39. The molecule has 2 aromatic rings. The normalized spacial score (nSPS) is 10.2. The monoisotopic (exact) mass is 276 g/mol. The highest BCUT2D eigenvalue weighted by Crippen LogP contribution is 2.22. The minimum absolute atomic E-state index is 0.208. The Balaban J connectivity index is 2.11. The van der Waals surface area contributed by atoms with Crippen molar-refractivity contribution in [2.75, 3.05) is 24.3 Å². The van der Waals surface area contributed by atoms with Gasteiger partial charge >= 0.3 is 0 Å². The molecule has 106 valence electrons. The second-order valence-electron chi connectivity index (χ2n) is 4.19. The van der Waals surface area contributed by atoms with Crippen LogP contribution >= 0.6 is 0 Å². The zero-order valence-corrected chi connectivity index (χ0v) is 11.5. The van der Waals surface area contributed by atoms with Gasteiger partial charge in [-0.1, -0.05) is 6.92 Å². The summed E-state index contributed by atoms with van der Waals surface area (Å²) in [5, 5.41) is 6.15. The van der Waals surface area contributed by atoms with Crippen LogP contribution in [0.4, 0.5) is 21.7 Å². The summed E-state index contributed by atoms with van der Waals surface area (Å²) in [6.45, 7) is 2.90.